The Morgan fingerprint density at radius 1 is 1.30 bits per heavy atom. The monoisotopic (exact) mass is 382 g/mol. The third-order valence-electron chi connectivity index (χ3n) is 4.71. The lowest BCUT2D eigenvalue weighted by molar-refractivity contribution is 0.0955. The summed E-state index contributed by atoms with van der Waals surface area (Å²) in [5.41, 5.74) is 3.79. The number of hydrogen-bond donors (Lipinski definition) is 2. The summed E-state index contributed by atoms with van der Waals surface area (Å²) in [6.45, 7) is 4.39. The lowest BCUT2D eigenvalue weighted by Gasteiger charge is -2.25. The number of carbonyl (C=O) groups is 1. The second kappa shape index (κ2) is 7.62. The average Bonchev–Trinajstić information content (AvgIpc) is 3.29. The van der Waals surface area contributed by atoms with Crippen molar-refractivity contribution in [3.05, 3.63) is 64.7 Å². The maximum absolute atomic E-state index is 12.0. The van der Waals surface area contributed by atoms with Crippen LogP contribution in [0.25, 0.3) is 0 Å². The standard InChI is InChI=1S/C20H22N4O2S/c1-13-3-6-15(7-4-13)27-18-8-5-14(26-18)11-24-10-9-17-16(12-24)19(23-22-17)20(25)21-2/h3-8H,9-12H2,1-2H3,(H,21,25)(H,22,23). The van der Waals surface area contributed by atoms with E-state index in [1.54, 1.807) is 18.8 Å². The third-order valence-corrected chi connectivity index (χ3v) is 5.64. The maximum Gasteiger partial charge on any atom is 0.271 e. The first-order valence-electron chi connectivity index (χ1n) is 8.96. The number of H-pyrrole nitrogens is 1. The summed E-state index contributed by atoms with van der Waals surface area (Å²) in [7, 11) is 1.63. The highest BCUT2D eigenvalue weighted by atomic mass is 32.2. The van der Waals surface area contributed by atoms with Gasteiger partial charge in [0.2, 0.25) is 0 Å². The number of nitrogens with one attached hydrogen (secondary N) is 2. The van der Waals surface area contributed by atoms with Crippen LogP contribution in [0.5, 0.6) is 0 Å². The van der Waals surface area contributed by atoms with Crippen LogP contribution in [0.15, 0.2) is 50.8 Å². The first kappa shape index (κ1) is 17.9. The summed E-state index contributed by atoms with van der Waals surface area (Å²) >= 11 is 1.63. The highest BCUT2D eigenvalue weighted by Crippen LogP contribution is 2.30. The van der Waals surface area contributed by atoms with Gasteiger partial charge in [-0.2, -0.15) is 5.10 Å². The molecule has 0 spiro atoms. The van der Waals surface area contributed by atoms with E-state index in [9.17, 15) is 4.79 Å². The van der Waals surface area contributed by atoms with Crippen LogP contribution in [0.4, 0.5) is 0 Å². The number of furan rings is 1. The predicted octanol–water partition coefficient (Wildman–Crippen LogP) is 3.38. The van der Waals surface area contributed by atoms with Gasteiger partial charge in [0.1, 0.15) is 5.76 Å². The van der Waals surface area contributed by atoms with Crippen LogP contribution >= 0.6 is 11.8 Å². The highest BCUT2D eigenvalue weighted by Gasteiger charge is 2.25. The molecule has 0 fully saturated rings. The smallest absolute Gasteiger partial charge is 0.271 e. The molecule has 0 bridgehead atoms. The van der Waals surface area contributed by atoms with Gasteiger partial charge in [-0.3, -0.25) is 14.8 Å². The van der Waals surface area contributed by atoms with Crippen molar-refractivity contribution in [2.75, 3.05) is 13.6 Å². The van der Waals surface area contributed by atoms with Gasteiger partial charge in [0.15, 0.2) is 10.8 Å². The summed E-state index contributed by atoms with van der Waals surface area (Å²) in [6, 6.07) is 12.5. The molecule has 4 rings (SSSR count). The average molecular weight is 382 g/mol. The van der Waals surface area contributed by atoms with Crippen LogP contribution in [0.2, 0.25) is 0 Å². The Labute approximate surface area is 162 Å². The van der Waals surface area contributed by atoms with Crippen molar-refractivity contribution in [2.24, 2.45) is 0 Å². The Morgan fingerprint density at radius 3 is 2.89 bits per heavy atom. The summed E-state index contributed by atoms with van der Waals surface area (Å²) in [5, 5.41) is 10.7. The van der Waals surface area contributed by atoms with E-state index in [2.05, 4.69) is 51.6 Å². The number of aryl methyl sites for hydroxylation is 1. The molecule has 27 heavy (non-hydrogen) atoms. The van der Waals surface area contributed by atoms with E-state index < -0.39 is 0 Å². The molecular weight excluding hydrogens is 360 g/mol. The summed E-state index contributed by atoms with van der Waals surface area (Å²) in [6.07, 6.45) is 0.852. The zero-order valence-electron chi connectivity index (χ0n) is 15.4. The lowest BCUT2D eigenvalue weighted by atomic mass is 10.0. The van der Waals surface area contributed by atoms with E-state index in [4.69, 9.17) is 4.42 Å². The quantitative estimate of drug-likeness (QED) is 0.708. The maximum atomic E-state index is 12.0. The minimum absolute atomic E-state index is 0.149. The van der Waals surface area contributed by atoms with Gasteiger partial charge in [-0.1, -0.05) is 29.5 Å². The number of aromatic nitrogens is 2. The lowest BCUT2D eigenvalue weighted by Crippen LogP contribution is -2.31. The van der Waals surface area contributed by atoms with Crippen molar-refractivity contribution in [1.29, 1.82) is 0 Å². The molecule has 3 heterocycles. The SMILES string of the molecule is CNC(=O)c1n[nH]c2c1CN(Cc1ccc(Sc3ccc(C)cc3)o1)CC2. The van der Waals surface area contributed by atoms with Crippen LogP contribution in [-0.2, 0) is 19.5 Å². The number of hydrogen-bond acceptors (Lipinski definition) is 5. The van der Waals surface area contributed by atoms with Crippen LogP contribution < -0.4 is 5.32 Å². The normalized spacial score (nSPS) is 14.1. The molecule has 7 heteroatoms. The molecular formula is C20H22N4O2S. The summed E-state index contributed by atoms with van der Waals surface area (Å²) < 4.78 is 6.01. The molecule has 1 aliphatic rings. The summed E-state index contributed by atoms with van der Waals surface area (Å²) in [5.74, 6) is 0.780. The second-order valence-corrected chi connectivity index (χ2v) is 7.78. The molecule has 1 aromatic carbocycles. The van der Waals surface area contributed by atoms with E-state index in [-0.39, 0.29) is 5.91 Å². The molecule has 0 saturated carbocycles. The van der Waals surface area contributed by atoms with Crippen molar-refractivity contribution in [3.63, 3.8) is 0 Å². The van der Waals surface area contributed by atoms with E-state index in [1.165, 1.54) is 5.56 Å². The van der Waals surface area contributed by atoms with Crippen molar-refractivity contribution in [1.82, 2.24) is 20.4 Å². The largest absolute Gasteiger partial charge is 0.453 e. The molecule has 2 aromatic heterocycles. The molecule has 3 aromatic rings. The molecule has 1 aliphatic heterocycles. The minimum atomic E-state index is -0.149. The fourth-order valence-electron chi connectivity index (χ4n) is 3.23. The molecule has 0 unspecified atom stereocenters. The molecule has 0 aliphatic carbocycles. The third kappa shape index (κ3) is 3.94. The van der Waals surface area contributed by atoms with Gasteiger partial charge >= 0.3 is 0 Å². The Kier molecular flexibility index (Phi) is 5.05. The number of benzene rings is 1. The van der Waals surface area contributed by atoms with E-state index in [1.807, 2.05) is 12.1 Å². The summed E-state index contributed by atoms with van der Waals surface area (Å²) in [4.78, 5) is 15.4. The van der Waals surface area contributed by atoms with Crippen molar-refractivity contribution in [3.8, 4) is 0 Å². The fraction of sp³-hybridized carbons (Fsp3) is 0.300. The Morgan fingerprint density at radius 2 is 2.11 bits per heavy atom. The molecule has 0 atom stereocenters. The topological polar surface area (TPSA) is 74.2 Å². The Hall–Kier alpha value is -2.51. The van der Waals surface area contributed by atoms with Gasteiger partial charge in [-0.25, -0.2) is 0 Å². The zero-order valence-corrected chi connectivity index (χ0v) is 16.2. The minimum Gasteiger partial charge on any atom is -0.453 e. The van der Waals surface area contributed by atoms with Crippen molar-refractivity contribution >= 4 is 17.7 Å². The first-order valence-corrected chi connectivity index (χ1v) is 9.78. The van der Waals surface area contributed by atoms with Gasteiger partial charge in [-0.05, 0) is 31.2 Å². The van der Waals surface area contributed by atoms with E-state index in [0.29, 0.717) is 18.8 Å². The Bertz CT molecular complexity index is 945. The van der Waals surface area contributed by atoms with Gasteiger partial charge in [-0.15, -0.1) is 0 Å². The first-order chi connectivity index (χ1) is 13.1. The van der Waals surface area contributed by atoms with Crippen LogP contribution in [0.1, 0.15) is 33.1 Å². The van der Waals surface area contributed by atoms with Crippen molar-refractivity contribution in [2.45, 2.75) is 36.4 Å². The molecule has 1 amide bonds. The number of fused-ring (bicyclic) bond motifs is 1. The molecule has 0 saturated heterocycles. The van der Waals surface area contributed by atoms with Gasteiger partial charge in [0, 0.05) is 42.7 Å². The number of aromatic amines is 1. The van der Waals surface area contributed by atoms with Gasteiger partial charge in [0.25, 0.3) is 5.91 Å². The molecule has 6 nitrogen and oxygen atoms in total. The fourth-order valence-corrected chi connectivity index (χ4v) is 4.02. The Balaban J connectivity index is 1.42. The van der Waals surface area contributed by atoms with Gasteiger partial charge in [0.05, 0.1) is 6.54 Å². The number of rotatable bonds is 5. The van der Waals surface area contributed by atoms with E-state index in [0.717, 1.165) is 40.0 Å². The second-order valence-electron chi connectivity index (χ2n) is 6.70. The molecule has 2 N–H and O–H groups in total. The highest BCUT2D eigenvalue weighted by molar-refractivity contribution is 7.99. The van der Waals surface area contributed by atoms with Crippen molar-refractivity contribution < 1.29 is 9.21 Å². The number of carbonyl (C=O) groups excluding carboxylic acids is 1. The van der Waals surface area contributed by atoms with Crippen LogP contribution in [-0.4, -0.2) is 34.6 Å². The zero-order chi connectivity index (χ0) is 18.8. The number of amides is 1. The van der Waals surface area contributed by atoms with Crippen LogP contribution in [0.3, 0.4) is 0 Å². The van der Waals surface area contributed by atoms with E-state index >= 15 is 0 Å². The molecule has 0 radical (unpaired) electrons. The van der Waals surface area contributed by atoms with Crippen LogP contribution in [0, 0.1) is 6.92 Å². The molecule has 140 valence electrons. The van der Waals surface area contributed by atoms with Gasteiger partial charge < -0.3 is 9.73 Å². The number of nitrogens with zero attached hydrogens (tertiary/aromatic N) is 2. The predicted molar refractivity (Wildman–Crippen MR) is 104 cm³/mol.